The Kier molecular flexibility index (Phi) is 4.66. The van der Waals surface area contributed by atoms with Gasteiger partial charge >= 0.3 is 0 Å². The molecule has 4 heterocycles. The van der Waals surface area contributed by atoms with Gasteiger partial charge in [0.2, 0.25) is 0 Å². The summed E-state index contributed by atoms with van der Waals surface area (Å²) < 4.78 is 15.5. The third kappa shape index (κ3) is 3.33. The molecule has 0 radical (unpaired) electrons. The lowest BCUT2D eigenvalue weighted by atomic mass is 9.95. The molecule has 1 aromatic carbocycles. The molecule has 0 unspecified atom stereocenters. The summed E-state index contributed by atoms with van der Waals surface area (Å²) in [5, 5.41) is 19.5. The maximum atomic E-state index is 13.2. The summed E-state index contributed by atoms with van der Waals surface area (Å²) in [7, 11) is 0. The molecule has 0 spiro atoms. The molecule has 5 rings (SSSR count). The fourth-order valence-corrected chi connectivity index (χ4v) is 4.30. The van der Waals surface area contributed by atoms with Gasteiger partial charge < -0.3 is 9.88 Å². The topological polar surface area (TPSA) is 74.7 Å². The number of piperidine rings is 1. The summed E-state index contributed by atoms with van der Waals surface area (Å²) >= 11 is 0. The number of nitrogens with zero attached hydrogens (tertiary/aromatic N) is 5. The second-order valence-corrected chi connectivity index (χ2v) is 7.63. The zero-order chi connectivity index (χ0) is 18.9. The Hall–Kier alpha value is -2.58. The first-order valence-electron chi connectivity index (χ1n) is 9.91. The minimum atomic E-state index is -0.224. The molecule has 0 amide bonds. The third-order valence-electron chi connectivity index (χ3n) is 5.85. The van der Waals surface area contributed by atoms with Gasteiger partial charge in [0.1, 0.15) is 17.5 Å². The minimum Gasteiger partial charge on any atom is -0.312 e. The molecule has 2 aliphatic rings. The molecular formula is C20H24FN7. The summed E-state index contributed by atoms with van der Waals surface area (Å²) in [6.07, 6.45) is 4.07. The van der Waals surface area contributed by atoms with E-state index in [0.29, 0.717) is 5.92 Å². The average molecular weight is 381 g/mol. The van der Waals surface area contributed by atoms with Crippen LogP contribution in [0.15, 0.2) is 30.5 Å². The Bertz CT molecular complexity index is 938. The van der Waals surface area contributed by atoms with Gasteiger partial charge in [-0.2, -0.15) is 5.10 Å². The van der Waals surface area contributed by atoms with E-state index in [-0.39, 0.29) is 5.82 Å². The molecule has 0 bridgehead atoms. The predicted octanol–water partition coefficient (Wildman–Crippen LogP) is 2.29. The monoisotopic (exact) mass is 381 g/mol. The molecule has 2 aromatic heterocycles. The van der Waals surface area contributed by atoms with Crippen molar-refractivity contribution in [2.75, 3.05) is 19.6 Å². The largest absolute Gasteiger partial charge is 0.312 e. The highest BCUT2D eigenvalue weighted by atomic mass is 19.1. The number of H-pyrrole nitrogens is 1. The molecule has 7 nitrogen and oxygen atoms in total. The maximum Gasteiger partial charge on any atom is 0.147 e. The molecule has 2 N–H and O–H groups in total. The van der Waals surface area contributed by atoms with E-state index >= 15 is 0 Å². The Morgan fingerprint density at radius 3 is 2.71 bits per heavy atom. The second kappa shape index (κ2) is 7.44. The van der Waals surface area contributed by atoms with Gasteiger partial charge in [-0.25, -0.2) is 4.39 Å². The van der Waals surface area contributed by atoms with Crippen molar-refractivity contribution >= 4 is 0 Å². The van der Waals surface area contributed by atoms with E-state index in [1.54, 1.807) is 12.1 Å². The van der Waals surface area contributed by atoms with E-state index in [0.717, 1.165) is 80.6 Å². The van der Waals surface area contributed by atoms with Crippen molar-refractivity contribution < 1.29 is 4.39 Å². The summed E-state index contributed by atoms with van der Waals surface area (Å²) in [4.78, 5) is 2.46. The van der Waals surface area contributed by atoms with Crippen LogP contribution in [0.5, 0.6) is 0 Å². The normalized spacial score (nSPS) is 18.3. The van der Waals surface area contributed by atoms with Crippen LogP contribution in [0.25, 0.3) is 11.3 Å². The number of aromatic amines is 1. The van der Waals surface area contributed by atoms with E-state index < -0.39 is 0 Å². The minimum absolute atomic E-state index is 0.224. The van der Waals surface area contributed by atoms with Gasteiger partial charge in [0.15, 0.2) is 0 Å². The van der Waals surface area contributed by atoms with Gasteiger partial charge in [-0.15, -0.1) is 10.2 Å². The number of hydrogen-bond donors (Lipinski definition) is 2. The Morgan fingerprint density at radius 2 is 1.89 bits per heavy atom. The van der Waals surface area contributed by atoms with Crippen molar-refractivity contribution in [1.29, 1.82) is 0 Å². The molecule has 8 heteroatoms. The Labute approximate surface area is 163 Å². The Balaban J connectivity index is 1.24. The molecule has 0 aliphatic carbocycles. The number of halogens is 1. The first kappa shape index (κ1) is 17.5. The van der Waals surface area contributed by atoms with Crippen LogP contribution in [0.3, 0.4) is 0 Å². The van der Waals surface area contributed by atoms with Crippen molar-refractivity contribution in [2.45, 2.75) is 38.4 Å². The van der Waals surface area contributed by atoms with E-state index in [1.165, 1.54) is 12.1 Å². The zero-order valence-corrected chi connectivity index (χ0v) is 15.7. The SMILES string of the molecule is Fc1ccc(-c2[nH]ncc2CN2CCC(c3nnc4n3CCNC4)CC2)cc1. The van der Waals surface area contributed by atoms with Crippen molar-refractivity contribution in [2.24, 2.45) is 0 Å². The lowest BCUT2D eigenvalue weighted by molar-refractivity contribution is 0.199. The van der Waals surface area contributed by atoms with Crippen LogP contribution in [0.2, 0.25) is 0 Å². The average Bonchev–Trinajstić information content (AvgIpc) is 3.36. The van der Waals surface area contributed by atoms with Crippen LogP contribution in [-0.4, -0.2) is 49.5 Å². The van der Waals surface area contributed by atoms with Crippen molar-refractivity contribution in [3.63, 3.8) is 0 Å². The molecule has 146 valence electrons. The van der Waals surface area contributed by atoms with Crippen LogP contribution in [0.4, 0.5) is 4.39 Å². The second-order valence-electron chi connectivity index (χ2n) is 7.63. The van der Waals surface area contributed by atoms with Crippen LogP contribution in [0.1, 0.15) is 36.0 Å². The highest BCUT2D eigenvalue weighted by Gasteiger charge is 2.27. The molecule has 1 saturated heterocycles. The summed E-state index contributed by atoms with van der Waals surface area (Å²) in [6, 6.07) is 6.56. The van der Waals surface area contributed by atoms with E-state index in [2.05, 4.69) is 35.2 Å². The number of fused-ring (bicyclic) bond motifs is 1. The summed E-state index contributed by atoms with van der Waals surface area (Å²) in [5.74, 6) is 2.48. The molecule has 0 atom stereocenters. The first-order valence-corrected chi connectivity index (χ1v) is 9.91. The standard InChI is InChI=1S/C20H24FN7/c21-17-3-1-14(2-4-17)19-16(11-23-25-19)13-27-8-5-15(6-9-27)20-26-24-18-12-22-7-10-28(18)20/h1-4,11,15,22H,5-10,12-13H2,(H,23,25). The van der Waals surface area contributed by atoms with E-state index in [1.807, 2.05) is 6.20 Å². The molecule has 0 saturated carbocycles. The van der Waals surface area contributed by atoms with Gasteiger partial charge in [-0.05, 0) is 50.2 Å². The quantitative estimate of drug-likeness (QED) is 0.725. The number of aromatic nitrogens is 5. The predicted molar refractivity (Wildman–Crippen MR) is 103 cm³/mol. The molecule has 2 aliphatic heterocycles. The smallest absolute Gasteiger partial charge is 0.147 e. The molecule has 28 heavy (non-hydrogen) atoms. The lowest BCUT2D eigenvalue weighted by Crippen LogP contribution is -2.34. The van der Waals surface area contributed by atoms with Crippen molar-refractivity contribution in [3.05, 3.63) is 53.5 Å². The zero-order valence-electron chi connectivity index (χ0n) is 15.7. The molecular weight excluding hydrogens is 357 g/mol. The highest BCUT2D eigenvalue weighted by molar-refractivity contribution is 5.62. The van der Waals surface area contributed by atoms with Gasteiger partial charge in [0.05, 0.1) is 18.4 Å². The maximum absolute atomic E-state index is 13.2. The van der Waals surface area contributed by atoms with Crippen LogP contribution in [0, 0.1) is 5.82 Å². The number of rotatable bonds is 4. The Morgan fingerprint density at radius 1 is 1.07 bits per heavy atom. The summed E-state index contributed by atoms with van der Waals surface area (Å²) in [6.45, 7) is 5.67. The van der Waals surface area contributed by atoms with E-state index in [9.17, 15) is 4.39 Å². The number of nitrogens with one attached hydrogen (secondary N) is 2. The van der Waals surface area contributed by atoms with Crippen LogP contribution >= 0.6 is 0 Å². The van der Waals surface area contributed by atoms with Gasteiger partial charge in [0, 0.05) is 36.7 Å². The van der Waals surface area contributed by atoms with Crippen LogP contribution in [-0.2, 0) is 19.6 Å². The molecule has 1 fully saturated rings. The lowest BCUT2D eigenvalue weighted by Gasteiger charge is -2.32. The number of likely N-dealkylation sites (tertiary alicyclic amines) is 1. The highest BCUT2D eigenvalue weighted by Crippen LogP contribution is 2.30. The van der Waals surface area contributed by atoms with Crippen LogP contribution < -0.4 is 5.32 Å². The van der Waals surface area contributed by atoms with Gasteiger partial charge in [-0.3, -0.25) is 10.00 Å². The van der Waals surface area contributed by atoms with Gasteiger partial charge in [0.25, 0.3) is 0 Å². The fraction of sp³-hybridized carbons (Fsp3) is 0.450. The fourth-order valence-electron chi connectivity index (χ4n) is 4.30. The summed E-state index contributed by atoms with van der Waals surface area (Å²) in [5.41, 5.74) is 3.09. The van der Waals surface area contributed by atoms with E-state index in [4.69, 9.17) is 0 Å². The van der Waals surface area contributed by atoms with Gasteiger partial charge in [-0.1, -0.05) is 0 Å². The van der Waals surface area contributed by atoms with Crippen molar-refractivity contribution in [3.8, 4) is 11.3 Å². The molecule has 3 aromatic rings. The number of benzene rings is 1. The third-order valence-corrected chi connectivity index (χ3v) is 5.85. The van der Waals surface area contributed by atoms with Crippen molar-refractivity contribution in [1.82, 2.24) is 35.2 Å². The number of hydrogen-bond acceptors (Lipinski definition) is 5. The first-order chi connectivity index (χ1) is 13.8.